The van der Waals surface area contributed by atoms with Gasteiger partial charge in [-0.15, -0.1) is 11.3 Å². The van der Waals surface area contributed by atoms with Gasteiger partial charge in [0, 0.05) is 16.1 Å². The number of carbonyl (C=O) groups is 1. The molecule has 0 fully saturated rings. The highest BCUT2D eigenvalue weighted by molar-refractivity contribution is 8.14. The third-order valence-corrected chi connectivity index (χ3v) is 4.22. The molecular formula is C8H6ClF3O4S2. The molecule has 0 radical (unpaired) electrons. The van der Waals surface area contributed by atoms with Gasteiger partial charge in [0.15, 0.2) is 0 Å². The smallest absolute Gasteiger partial charge is 0.418 e. The van der Waals surface area contributed by atoms with E-state index in [4.69, 9.17) is 10.7 Å². The van der Waals surface area contributed by atoms with Crippen LogP contribution in [0.5, 0.6) is 0 Å². The Labute approximate surface area is 109 Å². The molecule has 0 spiro atoms. The van der Waals surface area contributed by atoms with Crippen molar-refractivity contribution in [2.75, 3.05) is 6.61 Å². The lowest BCUT2D eigenvalue weighted by Crippen LogP contribution is -2.12. The van der Waals surface area contributed by atoms with Crippen LogP contribution in [0.3, 0.4) is 0 Å². The summed E-state index contributed by atoms with van der Waals surface area (Å²) < 4.78 is 64.5. The van der Waals surface area contributed by atoms with E-state index in [0.29, 0.717) is 16.7 Å². The molecule has 0 bridgehead atoms. The van der Waals surface area contributed by atoms with Gasteiger partial charge < -0.3 is 4.74 Å². The zero-order valence-electron chi connectivity index (χ0n) is 8.75. The predicted molar refractivity (Wildman–Crippen MR) is 58.3 cm³/mol. The van der Waals surface area contributed by atoms with Crippen molar-refractivity contribution >= 4 is 37.0 Å². The van der Waals surface area contributed by atoms with Crippen molar-refractivity contribution in [2.24, 2.45) is 0 Å². The maximum absolute atomic E-state index is 12.6. The minimum absolute atomic E-state index is 0.0974. The molecule has 1 aromatic heterocycles. The molecule has 0 aromatic carbocycles. The lowest BCUT2D eigenvalue weighted by Gasteiger charge is -2.07. The second kappa shape index (κ2) is 5.06. The van der Waals surface area contributed by atoms with Crippen LogP contribution < -0.4 is 0 Å². The zero-order chi connectivity index (χ0) is 14.1. The molecule has 1 rings (SSSR count). The maximum atomic E-state index is 12.6. The number of esters is 1. The van der Waals surface area contributed by atoms with E-state index in [9.17, 15) is 26.4 Å². The van der Waals surface area contributed by atoms with Crippen molar-refractivity contribution < 1.29 is 31.1 Å². The van der Waals surface area contributed by atoms with E-state index < -0.39 is 36.5 Å². The monoisotopic (exact) mass is 322 g/mol. The summed E-state index contributed by atoms with van der Waals surface area (Å²) in [5.74, 6) is -1.16. The number of rotatable bonds is 3. The summed E-state index contributed by atoms with van der Waals surface area (Å²) in [4.78, 5) is 9.42. The van der Waals surface area contributed by atoms with Gasteiger partial charge in [0.1, 0.15) is 9.77 Å². The fourth-order valence-electron chi connectivity index (χ4n) is 1.12. The first-order valence-corrected chi connectivity index (χ1v) is 7.58. The van der Waals surface area contributed by atoms with Gasteiger partial charge in [0.2, 0.25) is 0 Å². The molecule has 0 aliphatic rings. The van der Waals surface area contributed by atoms with Crippen LogP contribution in [0.1, 0.15) is 22.2 Å². The van der Waals surface area contributed by atoms with Crippen molar-refractivity contribution in [1.29, 1.82) is 0 Å². The average molecular weight is 323 g/mol. The van der Waals surface area contributed by atoms with Gasteiger partial charge in [-0.1, -0.05) is 0 Å². The number of ether oxygens (including phenoxy) is 1. The van der Waals surface area contributed by atoms with E-state index in [1.165, 1.54) is 6.92 Å². The molecular weight excluding hydrogens is 317 g/mol. The summed E-state index contributed by atoms with van der Waals surface area (Å²) in [5.41, 5.74) is -1.47. The number of carbonyl (C=O) groups excluding carboxylic acids is 1. The minimum Gasteiger partial charge on any atom is -0.462 e. The van der Waals surface area contributed by atoms with E-state index in [2.05, 4.69) is 4.74 Å². The molecule has 0 atom stereocenters. The van der Waals surface area contributed by atoms with E-state index in [1.807, 2.05) is 0 Å². The number of hydrogen-bond acceptors (Lipinski definition) is 5. The summed E-state index contributed by atoms with van der Waals surface area (Å²) in [6, 6.07) is 0. The molecule has 18 heavy (non-hydrogen) atoms. The molecule has 0 unspecified atom stereocenters. The molecule has 102 valence electrons. The lowest BCUT2D eigenvalue weighted by atomic mass is 10.3. The molecule has 1 heterocycles. The lowest BCUT2D eigenvalue weighted by molar-refractivity contribution is -0.139. The topological polar surface area (TPSA) is 60.4 Å². The van der Waals surface area contributed by atoms with Crippen LogP contribution in [-0.4, -0.2) is 21.0 Å². The number of alkyl halides is 3. The van der Waals surface area contributed by atoms with Gasteiger partial charge >= 0.3 is 12.1 Å². The first-order chi connectivity index (χ1) is 8.09. The molecule has 0 saturated carbocycles. The normalized spacial score (nSPS) is 12.5. The van der Waals surface area contributed by atoms with Crippen molar-refractivity contribution in [2.45, 2.75) is 18.0 Å². The van der Waals surface area contributed by atoms with Crippen molar-refractivity contribution in [1.82, 2.24) is 0 Å². The largest absolute Gasteiger partial charge is 0.462 e. The molecule has 0 amide bonds. The molecule has 4 nitrogen and oxygen atoms in total. The Morgan fingerprint density at radius 3 is 2.44 bits per heavy atom. The molecule has 1 aromatic rings. The standard InChI is InChI=1S/C8H6ClF3O4S2/c1-2-16-7(13)5-6(18(9,14)15)4(3-17-5)8(10,11)12/h3H,2H2,1H3. The second-order valence-corrected chi connectivity index (χ2v) is 6.35. The Bertz CT molecular complexity index is 561. The molecule has 0 saturated heterocycles. The highest BCUT2D eigenvalue weighted by atomic mass is 35.7. The van der Waals surface area contributed by atoms with Crippen molar-refractivity contribution in [3.8, 4) is 0 Å². The summed E-state index contributed by atoms with van der Waals surface area (Å²) in [6.07, 6.45) is -4.92. The van der Waals surface area contributed by atoms with Gasteiger partial charge in [-0.2, -0.15) is 13.2 Å². The fourth-order valence-corrected chi connectivity index (χ4v) is 3.89. The number of halogens is 4. The van der Waals surface area contributed by atoms with Crippen LogP contribution in [0.4, 0.5) is 13.2 Å². The van der Waals surface area contributed by atoms with Gasteiger partial charge in [0.05, 0.1) is 12.2 Å². The zero-order valence-corrected chi connectivity index (χ0v) is 11.1. The highest BCUT2D eigenvalue weighted by Crippen LogP contribution is 2.40. The molecule has 0 aliphatic carbocycles. The second-order valence-electron chi connectivity index (χ2n) is 2.96. The highest BCUT2D eigenvalue weighted by Gasteiger charge is 2.41. The first kappa shape index (κ1) is 15.3. The van der Waals surface area contributed by atoms with Crippen LogP contribution in [0.15, 0.2) is 10.3 Å². The van der Waals surface area contributed by atoms with E-state index in [0.717, 1.165) is 0 Å². The van der Waals surface area contributed by atoms with E-state index in [-0.39, 0.29) is 6.61 Å². The Hall–Kier alpha value is -0.800. The quantitative estimate of drug-likeness (QED) is 0.634. The van der Waals surface area contributed by atoms with Crippen molar-refractivity contribution in [3.05, 3.63) is 15.8 Å². The summed E-state index contributed by atoms with van der Waals surface area (Å²) in [6.45, 7) is 1.34. The van der Waals surface area contributed by atoms with Gasteiger partial charge in [-0.25, -0.2) is 13.2 Å². The van der Waals surface area contributed by atoms with Gasteiger partial charge in [0.25, 0.3) is 9.05 Å². The number of hydrogen-bond donors (Lipinski definition) is 0. The van der Waals surface area contributed by atoms with Gasteiger partial charge in [-0.3, -0.25) is 0 Å². The van der Waals surface area contributed by atoms with Crippen LogP contribution in [-0.2, 0) is 20.0 Å². The predicted octanol–water partition coefficient (Wildman–Crippen LogP) is 2.87. The fraction of sp³-hybridized carbons (Fsp3) is 0.375. The maximum Gasteiger partial charge on any atom is 0.418 e. The third-order valence-electron chi connectivity index (χ3n) is 1.76. The van der Waals surface area contributed by atoms with Crippen LogP contribution in [0.25, 0.3) is 0 Å². The Morgan fingerprint density at radius 1 is 1.50 bits per heavy atom. The summed E-state index contributed by atoms with van der Waals surface area (Å²) in [5, 5.41) is 0.515. The number of thiophene rings is 1. The van der Waals surface area contributed by atoms with Crippen LogP contribution in [0.2, 0.25) is 0 Å². The SMILES string of the molecule is CCOC(=O)c1scc(C(F)(F)F)c1S(=O)(=O)Cl. The van der Waals surface area contributed by atoms with Crippen molar-refractivity contribution in [3.63, 3.8) is 0 Å². The van der Waals surface area contributed by atoms with E-state index in [1.54, 1.807) is 0 Å². The Kier molecular flexibility index (Phi) is 4.29. The van der Waals surface area contributed by atoms with Crippen LogP contribution in [0, 0.1) is 0 Å². The van der Waals surface area contributed by atoms with Crippen LogP contribution >= 0.6 is 22.0 Å². The first-order valence-electron chi connectivity index (χ1n) is 4.39. The summed E-state index contributed by atoms with van der Waals surface area (Å²) in [7, 11) is 0.226. The Balaban J connectivity index is 3.49. The Morgan fingerprint density at radius 2 is 2.06 bits per heavy atom. The summed E-state index contributed by atoms with van der Waals surface area (Å²) >= 11 is 0.320. The average Bonchev–Trinajstić information content (AvgIpc) is 2.60. The molecule has 0 aliphatic heterocycles. The van der Waals surface area contributed by atoms with Gasteiger partial charge in [-0.05, 0) is 6.92 Å². The molecule has 10 heteroatoms. The molecule has 0 N–H and O–H groups in total. The third kappa shape index (κ3) is 3.15. The van der Waals surface area contributed by atoms with E-state index >= 15 is 0 Å². The minimum atomic E-state index is -4.92.